The largest absolute Gasteiger partial charge is 0.481 e. The van der Waals surface area contributed by atoms with E-state index in [0.29, 0.717) is 15.9 Å². The van der Waals surface area contributed by atoms with Crippen LogP contribution in [0.25, 0.3) is 0 Å². The van der Waals surface area contributed by atoms with E-state index < -0.39 is 5.97 Å². The smallest absolute Gasteiger partial charge is 0.308 e. The molecule has 0 atom stereocenters. The summed E-state index contributed by atoms with van der Waals surface area (Å²) in [7, 11) is 0. The molecule has 2 rings (SSSR count). The predicted molar refractivity (Wildman–Crippen MR) is 59.7 cm³/mol. The van der Waals surface area contributed by atoms with Crippen molar-refractivity contribution in [2.75, 3.05) is 0 Å². The van der Waals surface area contributed by atoms with E-state index in [1.807, 2.05) is 0 Å². The van der Waals surface area contributed by atoms with Crippen molar-refractivity contribution < 1.29 is 9.90 Å². The molecule has 0 saturated heterocycles. The molecule has 0 aromatic carbocycles. The maximum absolute atomic E-state index is 10.6. The van der Waals surface area contributed by atoms with E-state index in [2.05, 4.69) is 4.98 Å². The normalized spacial score (nSPS) is 17.1. The lowest BCUT2D eigenvalue weighted by atomic mass is 10.1. The predicted octanol–water partition coefficient (Wildman–Crippen LogP) is 3.08. The van der Waals surface area contributed by atoms with Gasteiger partial charge in [-0.1, -0.05) is 24.4 Å². The number of halogens is 1. The summed E-state index contributed by atoms with van der Waals surface area (Å²) in [6.07, 6.45) is 4.81. The molecule has 0 spiro atoms. The van der Waals surface area contributed by atoms with Crippen LogP contribution in [0.5, 0.6) is 0 Å². The van der Waals surface area contributed by atoms with Crippen LogP contribution in [0.4, 0.5) is 0 Å². The summed E-state index contributed by atoms with van der Waals surface area (Å²) in [5.41, 5.74) is 0. The van der Waals surface area contributed by atoms with Gasteiger partial charge in [-0.2, -0.15) is 0 Å². The Hall–Kier alpha value is -0.610. The third-order valence-corrected chi connectivity index (χ3v) is 4.32. The lowest BCUT2D eigenvalue weighted by Crippen LogP contribution is -1.97. The number of nitrogens with zero attached hydrogens (tertiary/aromatic N) is 1. The van der Waals surface area contributed by atoms with E-state index >= 15 is 0 Å². The summed E-state index contributed by atoms with van der Waals surface area (Å²) in [5.74, 6) is -0.339. The standard InChI is InChI=1S/C10H12ClNO2S/c11-9-7(5-8(13)14)15-10(12-9)6-3-1-2-4-6/h6H,1-5H2,(H,13,14). The zero-order valence-corrected chi connectivity index (χ0v) is 9.77. The number of rotatable bonds is 3. The van der Waals surface area contributed by atoms with Crippen LogP contribution in [0.15, 0.2) is 0 Å². The molecule has 0 unspecified atom stereocenters. The van der Waals surface area contributed by atoms with E-state index in [9.17, 15) is 4.79 Å². The van der Waals surface area contributed by atoms with Gasteiger partial charge in [-0.3, -0.25) is 4.79 Å². The van der Waals surface area contributed by atoms with Gasteiger partial charge in [-0.15, -0.1) is 11.3 Å². The maximum atomic E-state index is 10.6. The third-order valence-electron chi connectivity index (χ3n) is 2.68. The van der Waals surface area contributed by atoms with Crippen LogP contribution in [0.2, 0.25) is 5.15 Å². The third kappa shape index (κ3) is 2.49. The molecule has 1 saturated carbocycles. The van der Waals surface area contributed by atoms with Gasteiger partial charge in [-0.25, -0.2) is 4.98 Å². The molecule has 1 aromatic rings. The summed E-state index contributed by atoms with van der Waals surface area (Å²) in [6, 6.07) is 0. The Labute approximate surface area is 97.1 Å². The van der Waals surface area contributed by atoms with Gasteiger partial charge in [0.2, 0.25) is 0 Å². The topological polar surface area (TPSA) is 50.2 Å². The van der Waals surface area contributed by atoms with Crippen molar-refractivity contribution in [1.29, 1.82) is 0 Å². The van der Waals surface area contributed by atoms with Crippen LogP contribution in [0, 0.1) is 0 Å². The molecule has 5 heteroatoms. The number of carboxylic acid groups (broad SMARTS) is 1. The summed E-state index contributed by atoms with van der Waals surface area (Å²) in [4.78, 5) is 15.5. The number of aliphatic carboxylic acids is 1. The second kappa shape index (κ2) is 4.49. The lowest BCUT2D eigenvalue weighted by molar-refractivity contribution is -0.136. The summed E-state index contributed by atoms with van der Waals surface area (Å²) >= 11 is 7.36. The van der Waals surface area contributed by atoms with Crippen molar-refractivity contribution >= 4 is 28.9 Å². The Kier molecular flexibility index (Phi) is 3.26. The molecule has 1 N–H and O–H groups in total. The van der Waals surface area contributed by atoms with E-state index in [1.165, 1.54) is 24.2 Å². The molecule has 0 amide bonds. The van der Waals surface area contributed by atoms with Crippen molar-refractivity contribution in [3.63, 3.8) is 0 Å². The van der Waals surface area contributed by atoms with E-state index in [-0.39, 0.29) is 6.42 Å². The first-order chi connectivity index (χ1) is 7.16. The number of carboxylic acids is 1. The van der Waals surface area contributed by atoms with Crippen LogP contribution in [-0.2, 0) is 11.2 Å². The molecule has 1 aliphatic rings. The second-order valence-corrected chi connectivity index (χ2v) is 5.29. The Balaban J connectivity index is 2.16. The molecule has 3 nitrogen and oxygen atoms in total. The van der Waals surface area contributed by atoms with E-state index in [1.54, 1.807) is 0 Å². The quantitative estimate of drug-likeness (QED) is 0.890. The highest BCUT2D eigenvalue weighted by molar-refractivity contribution is 7.12. The summed E-state index contributed by atoms with van der Waals surface area (Å²) < 4.78 is 0. The molecule has 82 valence electrons. The van der Waals surface area contributed by atoms with Gasteiger partial charge in [0.25, 0.3) is 0 Å². The molecule has 0 aliphatic heterocycles. The van der Waals surface area contributed by atoms with Crippen LogP contribution < -0.4 is 0 Å². The van der Waals surface area contributed by atoms with Gasteiger partial charge in [0.15, 0.2) is 0 Å². The average Bonchev–Trinajstić information content (AvgIpc) is 2.75. The van der Waals surface area contributed by atoms with Crippen molar-refractivity contribution in [2.24, 2.45) is 0 Å². The Bertz CT molecular complexity index is 371. The number of thiazole rings is 1. The summed E-state index contributed by atoms with van der Waals surface area (Å²) in [5, 5.41) is 10.1. The van der Waals surface area contributed by atoms with Crippen molar-refractivity contribution in [3.8, 4) is 0 Å². The Morgan fingerprint density at radius 2 is 2.20 bits per heavy atom. The first-order valence-electron chi connectivity index (χ1n) is 5.03. The van der Waals surface area contributed by atoms with Crippen molar-refractivity contribution in [3.05, 3.63) is 15.0 Å². The van der Waals surface area contributed by atoms with Gasteiger partial charge < -0.3 is 5.11 Å². The number of aromatic nitrogens is 1. The molecule has 15 heavy (non-hydrogen) atoms. The molecule has 1 heterocycles. The number of hydrogen-bond acceptors (Lipinski definition) is 3. The second-order valence-electron chi connectivity index (χ2n) is 3.82. The van der Waals surface area contributed by atoms with Crippen LogP contribution >= 0.6 is 22.9 Å². The van der Waals surface area contributed by atoms with Gasteiger partial charge in [-0.05, 0) is 12.8 Å². The van der Waals surface area contributed by atoms with Crippen molar-refractivity contribution in [2.45, 2.75) is 38.0 Å². The Morgan fingerprint density at radius 1 is 1.53 bits per heavy atom. The molecule has 0 radical (unpaired) electrons. The maximum Gasteiger partial charge on any atom is 0.308 e. The van der Waals surface area contributed by atoms with Crippen LogP contribution in [-0.4, -0.2) is 16.1 Å². The molecular weight excluding hydrogens is 234 g/mol. The zero-order chi connectivity index (χ0) is 10.8. The van der Waals surface area contributed by atoms with Gasteiger partial charge in [0.1, 0.15) is 5.15 Å². The highest BCUT2D eigenvalue weighted by Gasteiger charge is 2.22. The molecule has 0 bridgehead atoms. The fraction of sp³-hybridized carbons (Fsp3) is 0.600. The van der Waals surface area contributed by atoms with Gasteiger partial charge in [0.05, 0.1) is 16.3 Å². The minimum Gasteiger partial charge on any atom is -0.481 e. The SMILES string of the molecule is O=C(O)Cc1sc(C2CCCC2)nc1Cl. The summed E-state index contributed by atoms with van der Waals surface area (Å²) in [6.45, 7) is 0. The van der Waals surface area contributed by atoms with E-state index in [4.69, 9.17) is 16.7 Å². The lowest BCUT2D eigenvalue weighted by Gasteiger charge is -2.01. The first kappa shape index (κ1) is 10.9. The van der Waals surface area contributed by atoms with Crippen molar-refractivity contribution in [1.82, 2.24) is 4.98 Å². The minimum atomic E-state index is -0.849. The zero-order valence-electron chi connectivity index (χ0n) is 8.20. The first-order valence-corrected chi connectivity index (χ1v) is 6.23. The number of hydrogen-bond donors (Lipinski definition) is 1. The highest BCUT2D eigenvalue weighted by Crippen LogP contribution is 2.38. The van der Waals surface area contributed by atoms with Gasteiger partial charge in [0, 0.05) is 5.92 Å². The fourth-order valence-electron chi connectivity index (χ4n) is 1.94. The number of carbonyl (C=O) groups is 1. The minimum absolute atomic E-state index is 0.0107. The van der Waals surface area contributed by atoms with E-state index in [0.717, 1.165) is 17.8 Å². The van der Waals surface area contributed by atoms with Gasteiger partial charge >= 0.3 is 5.97 Å². The Morgan fingerprint density at radius 3 is 2.80 bits per heavy atom. The highest BCUT2D eigenvalue weighted by atomic mass is 35.5. The van der Waals surface area contributed by atoms with Crippen LogP contribution in [0.1, 0.15) is 41.5 Å². The molecule has 1 aliphatic carbocycles. The molecule has 1 fully saturated rings. The molecule has 1 aromatic heterocycles. The molecular formula is C10H12ClNO2S. The average molecular weight is 246 g/mol. The van der Waals surface area contributed by atoms with Crippen LogP contribution in [0.3, 0.4) is 0 Å². The fourth-order valence-corrected chi connectivity index (χ4v) is 3.38. The monoisotopic (exact) mass is 245 g/mol.